The summed E-state index contributed by atoms with van der Waals surface area (Å²) in [5.41, 5.74) is 3.08. The number of rotatable bonds is 51. The van der Waals surface area contributed by atoms with Gasteiger partial charge in [0, 0.05) is 37.3 Å². The summed E-state index contributed by atoms with van der Waals surface area (Å²) in [6, 6.07) is 12.5. The Bertz CT molecular complexity index is 1120. The largest absolute Gasteiger partial charge is 0.481 e. The quantitative estimate of drug-likeness (QED) is 0.0633. The van der Waals surface area contributed by atoms with Crippen molar-refractivity contribution >= 4 is 11.9 Å². The topological polar surface area (TPSA) is 81.1 Å². The third-order valence-electron chi connectivity index (χ3n) is 15.4. The molecule has 0 amide bonds. The van der Waals surface area contributed by atoms with Gasteiger partial charge in [0.05, 0.1) is 12.8 Å². The maximum Gasteiger partial charge on any atom is 0.303 e. The van der Waals surface area contributed by atoms with Crippen LogP contribution in [-0.2, 0) is 22.7 Å². The van der Waals surface area contributed by atoms with E-state index in [0.717, 1.165) is 13.1 Å². The van der Waals surface area contributed by atoms with Crippen LogP contribution in [0.25, 0.3) is 0 Å². The number of hydrogen-bond donors (Lipinski definition) is 2. The van der Waals surface area contributed by atoms with Crippen LogP contribution < -0.4 is 0 Å². The highest BCUT2D eigenvalue weighted by Gasteiger charge is 2.23. The minimum absolute atomic E-state index is 0.296. The fourth-order valence-electron chi connectivity index (χ4n) is 10.6. The summed E-state index contributed by atoms with van der Waals surface area (Å²) in [6.45, 7) is 21.8. The Morgan fingerprint density at radius 1 is 0.357 bits per heavy atom. The van der Waals surface area contributed by atoms with Gasteiger partial charge < -0.3 is 10.2 Å². The van der Waals surface area contributed by atoms with Gasteiger partial charge in [-0.3, -0.25) is 19.4 Å². The van der Waals surface area contributed by atoms with Crippen LogP contribution in [0.15, 0.2) is 24.3 Å². The molecule has 0 heterocycles. The number of carboxylic acids is 2. The van der Waals surface area contributed by atoms with Crippen LogP contribution in [0.3, 0.4) is 0 Å². The number of carbonyl (C=O) groups is 2. The Morgan fingerprint density at radius 2 is 0.557 bits per heavy atom. The van der Waals surface area contributed by atoms with Crippen LogP contribution in [-0.4, -0.2) is 56.1 Å². The van der Waals surface area contributed by atoms with E-state index in [4.69, 9.17) is 10.2 Å². The van der Waals surface area contributed by atoms with Crippen molar-refractivity contribution in [1.82, 2.24) is 9.80 Å². The lowest BCUT2D eigenvalue weighted by molar-refractivity contribution is -0.143. The summed E-state index contributed by atoms with van der Waals surface area (Å²) < 4.78 is 0. The van der Waals surface area contributed by atoms with E-state index in [1.165, 1.54) is 257 Å². The fourth-order valence-corrected chi connectivity index (χ4v) is 10.6. The average molecular weight is 984 g/mol. The van der Waals surface area contributed by atoms with Crippen molar-refractivity contribution in [1.29, 1.82) is 0 Å². The number of benzene rings is 1. The molecule has 0 spiro atoms. The molecule has 0 saturated heterocycles. The monoisotopic (exact) mass is 983 g/mol. The van der Waals surface area contributed by atoms with Gasteiger partial charge in [-0.2, -0.15) is 0 Å². The third kappa shape index (κ3) is 42.6. The van der Waals surface area contributed by atoms with Crippen LogP contribution in [0.1, 0.15) is 336 Å². The van der Waals surface area contributed by atoms with Crippen molar-refractivity contribution in [3.63, 3.8) is 0 Å². The van der Waals surface area contributed by atoms with Gasteiger partial charge in [0.25, 0.3) is 0 Å². The minimum Gasteiger partial charge on any atom is -0.481 e. The summed E-state index contributed by atoms with van der Waals surface area (Å²) >= 11 is 0. The fraction of sp³-hybridized carbons (Fsp3) is 0.875. The molecule has 1 aromatic carbocycles. The van der Waals surface area contributed by atoms with Crippen molar-refractivity contribution in [2.24, 2.45) is 0 Å². The normalized spacial score (nSPS) is 13.3. The van der Waals surface area contributed by atoms with Crippen molar-refractivity contribution in [2.45, 2.75) is 362 Å². The first-order valence-electron chi connectivity index (χ1n) is 31.0. The summed E-state index contributed by atoms with van der Waals surface area (Å²) in [5, 5.41) is 15.8. The van der Waals surface area contributed by atoms with Gasteiger partial charge in [-0.1, -0.05) is 283 Å². The summed E-state index contributed by atoms with van der Waals surface area (Å²) in [4.78, 5) is 25.1. The highest BCUT2D eigenvalue weighted by Crippen LogP contribution is 2.25. The zero-order chi connectivity index (χ0) is 51.7. The highest BCUT2D eigenvalue weighted by atomic mass is 16.4. The molecule has 70 heavy (non-hydrogen) atoms. The number of unbranched alkanes of at least 4 members (excludes halogenated alkanes) is 32. The van der Waals surface area contributed by atoms with Gasteiger partial charge in [-0.25, -0.2) is 0 Å². The van der Waals surface area contributed by atoms with Crippen molar-refractivity contribution in [3.8, 4) is 0 Å². The molecule has 0 fully saturated rings. The van der Waals surface area contributed by atoms with Crippen LogP contribution in [0.5, 0.6) is 0 Å². The molecule has 1 rings (SSSR count). The predicted molar refractivity (Wildman–Crippen MR) is 307 cm³/mol. The van der Waals surface area contributed by atoms with Crippen LogP contribution in [0.2, 0.25) is 0 Å². The summed E-state index contributed by atoms with van der Waals surface area (Å²) in [6.07, 6.45) is 55.9. The Morgan fingerprint density at radius 3 is 0.757 bits per heavy atom. The zero-order valence-electron chi connectivity index (χ0n) is 48.3. The molecule has 0 radical (unpaired) electrons. The number of carboxylic acid groups (broad SMARTS) is 2. The summed E-state index contributed by atoms with van der Waals surface area (Å²) in [5.74, 6) is -2.15. The van der Waals surface area contributed by atoms with Crippen molar-refractivity contribution in [2.75, 3.05) is 0 Å². The molecule has 0 aliphatic carbocycles. The Hall–Kier alpha value is -1.92. The Balaban J connectivity index is 0.00000543. The van der Waals surface area contributed by atoms with Gasteiger partial charge in [0.1, 0.15) is 0 Å². The molecule has 4 unspecified atom stereocenters. The Kier molecular flexibility index (Phi) is 49.2. The first-order valence-corrected chi connectivity index (χ1v) is 31.0. The molecule has 1 aromatic rings. The van der Waals surface area contributed by atoms with E-state index in [0.29, 0.717) is 24.2 Å². The molecule has 0 aliphatic rings. The van der Waals surface area contributed by atoms with Gasteiger partial charge >= 0.3 is 11.9 Å². The predicted octanol–water partition coefficient (Wildman–Crippen LogP) is 20.5. The molecule has 4 atom stereocenters. The van der Waals surface area contributed by atoms with Gasteiger partial charge in [-0.15, -0.1) is 0 Å². The van der Waals surface area contributed by atoms with E-state index >= 15 is 0 Å². The molecular weight excluding hydrogens is 861 g/mol. The van der Waals surface area contributed by atoms with E-state index in [9.17, 15) is 9.59 Å². The van der Waals surface area contributed by atoms with Crippen molar-refractivity contribution < 1.29 is 19.8 Å². The lowest BCUT2D eigenvalue weighted by atomic mass is 9.99. The molecule has 0 bridgehead atoms. The molecule has 0 aromatic heterocycles. The SMILES string of the molecule is CCCCCCCCCCCC(C)N(Cc1cccc(CN(C(C)CCCCCCCCCCC)C(C)CCCCCCCCCCC)c1)C(C)CCCCCCCCCCC.O=C(O)CCC(=O)O. The first-order chi connectivity index (χ1) is 34.0. The van der Waals surface area contributed by atoms with Gasteiger partial charge in [-0.05, 0) is 64.5 Å². The number of aliphatic carboxylic acids is 2. The second-order valence-corrected chi connectivity index (χ2v) is 22.3. The van der Waals surface area contributed by atoms with E-state index in [-0.39, 0.29) is 12.8 Å². The first kappa shape index (κ1) is 68.1. The lowest BCUT2D eigenvalue weighted by Crippen LogP contribution is -2.40. The van der Waals surface area contributed by atoms with Crippen LogP contribution >= 0.6 is 0 Å². The zero-order valence-corrected chi connectivity index (χ0v) is 48.3. The van der Waals surface area contributed by atoms with E-state index < -0.39 is 11.9 Å². The second-order valence-electron chi connectivity index (χ2n) is 22.3. The molecule has 6 heteroatoms. The third-order valence-corrected chi connectivity index (χ3v) is 15.4. The van der Waals surface area contributed by atoms with E-state index in [1.807, 2.05) is 0 Å². The van der Waals surface area contributed by atoms with Crippen molar-refractivity contribution in [3.05, 3.63) is 35.4 Å². The second kappa shape index (κ2) is 50.6. The standard InChI is InChI=1S/C60H116N2.C4H6O4/c1-9-13-17-21-25-29-33-37-41-46-55(5)61(56(6)47-42-38-34-30-26-22-18-14-10-2)53-59-50-45-51-60(52-59)54-62(57(7)48-43-39-35-31-27-23-19-15-11-3)58(8)49-44-40-36-32-28-24-20-16-12-4;5-3(6)1-2-4(7)8/h45,50-52,55-58H,9-44,46-49,53-54H2,1-8H3;1-2H2,(H,5,6)(H,7,8). The average Bonchev–Trinajstić information content (AvgIpc) is 3.34. The van der Waals surface area contributed by atoms with E-state index in [2.05, 4.69) is 89.5 Å². The number of hydrogen-bond acceptors (Lipinski definition) is 4. The number of nitrogens with zero attached hydrogens (tertiary/aromatic N) is 2. The summed E-state index contributed by atoms with van der Waals surface area (Å²) in [7, 11) is 0. The van der Waals surface area contributed by atoms with Gasteiger partial charge in [0.15, 0.2) is 0 Å². The molecule has 0 saturated carbocycles. The molecule has 0 aliphatic heterocycles. The maximum atomic E-state index is 9.64. The van der Waals surface area contributed by atoms with Crippen LogP contribution in [0, 0.1) is 0 Å². The minimum atomic E-state index is -1.08. The molecule has 2 N–H and O–H groups in total. The van der Waals surface area contributed by atoms with Gasteiger partial charge in [0.2, 0.25) is 0 Å². The smallest absolute Gasteiger partial charge is 0.303 e. The molecular formula is C64H122N2O4. The van der Waals surface area contributed by atoms with E-state index in [1.54, 1.807) is 11.1 Å². The van der Waals surface area contributed by atoms with Crippen LogP contribution in [0.4, 0.5) is 0 Å². The molecule has 412 valence electrons. The lowest BCUT2D eigenvalue weighted by Gasteiger charge is -2.36. The maximum absolute atomic E-state index is 9.64. The highest BCUT2D eigenvalue weighted by molar-refractivity contribution is 5.75. The molecule has 6 nitrogen and oxygen atoms in total. The Labute approximate surface area is 437 Å².